The van der Waals surface area contributed by atoms with Crippen molar-refractivity contribution in [3.05, 3.63) is 35.3 Å². The number of aryl methyl sites for hydroxylation is 2. The molecule has 2 heterocycles. The minimum absolute atomic E-state index is 0.186. The van der Waals surface area contributed by atoms with Crippen LogP contribution in [0.5, 0.6) is 11.6 Å². The van der Waals surface area contributed by atoms with Crippen LogP contribution in [0.4, 0.5) is 0 Å². The largest absolute Gasteiger partial charge is 0.435 e. The number of hydrogen-bond donors (Lipinski definition) is 1. The Hall–Kier alpha value is -1.88. The molecule has 2 aromatic rings. The zero-order valence-corrected chi connectivity index (χ0v) is 12.6. The van der Waals surface area contributed by atoms with Crippen molar-refractivity contribution in [1.29, 1.82) is 0 Å². The highest BCUT2D eigenvalue weighted by Gasteiger charge is 2.12. The van der Waals surface area contributed by atoms with Crippen LogP contribution in [0.2, 0.25) is 0 Å². The molecule has 0 spiro atoms. The minimum Gasteiger partial charge on any atom is -0.435 e. The normalized spacial score (nSPS) is 12.4. The van der Waals surface area contributed by atoms with Gasteiger partial charge >= 0.3 is 0 Å². The average Bonchev–Trinajstić information content (AvgIpc) is 2.67. The molecular formula is C15H22N4O. The molecule has 1 unspecified atom stereocenters. The lowest BCUT2D eigenvalue weighted by atomic mass is 10.1. The van der Waals surface area contributed by atoms with E-state index in [1.54, 1.807) is 4.68 Å². The number of aromatic nitrogens is 3. The summed E-state index contributed by atoms with van der Waals surface area (Å²) in [7, 11) is 1.90. The lowest BCUT2D eigenvalue weighted by molar-refractivity contribution is 0.454. The monoisotopic (exact) mass is 274 g/mol. The number of pyridine rings is 1. The molecule has 20 heavy (non-hydrogen) atoms. The summed E-state index contributed by atoms with van der Waals surface area (Å²) in [6, 6.07) is 4.08. The number of rotatable bonds is 5. The Bertz CT molecular complexity index is 574. The van der Waals surface area contributed by atoms with Gasteiger partial charge < -0.3 is 10.5 Å². The summed E-state index contributed by atoms with van der Waals surface area (Å²) in [6.45, 7) is 5.99. The molecule has 0 aromatic carbocycles. The highest BCUT2D eigenvalue weighted by Crippen LogP contribution is 2.26. The number of ether oxygens (including phenoxy) is 1. The molecule has 0 radical (unpaired) electrons. The van der Waals surface area contributed by atoms with Crippen molar-refractivity contribution >= 4 is 0 Å². The second-order valence-electron chi connectivity index (χ2n) is 5.10. The van der Waals surface area contributed by atoms with Gasteiger partial charge in [0, 0.05) is 25.4 Å². The molecule has 2 aromatic heterocycles. The summed E-state index contributed by atoms with van der Waals surface area (Å²) in [5.41, 5.74) is 8.92. The molecule has 5 heteroatoms. The Labute approximate surface area is 119 Å². The van der Waals surface area contributed by atoms with Gasteiger partial charge in [-0.3, -0.25) is 4.68 Å². The molecule has 5 nitrogen and oxygen atoms in total. The van der Waals surface area contributed by atoms with Gasteiger partial charge in [-0.2, -0.15) is 5.10 Å². The van der Waals surface area contributed by atoms with Crippen LogP contribution < -0.4 is 10.5 Å². The first kappa shape index (κ1) is 14.5. The van der Waals surface area contributed by atoms with E-state index >= 15 is 0 Å². The summed E-state index contributed by atoms with van der Waals surface area (Å²) in [5, 5.41) is 4.32. The minimum atomic E-state index is 0.186. The van der Waals surface area contributed by atoms with Crippen LogP contribution in [-0.2, 0) is 13.5 Å². The fourth-order valence-electron chi connectivity index (χ4n) is 2.05. The van der Waals surface area contributed by atoms with Gasteiger partial charge in [0.25, 0.3) is 0 Å². The SMILES string of the molecule is CCC(N)Cc1ccc(Oc2c(C)nn(C)c2C)nc1. The molecule has 1 atom stereocenters. The van der Waals surface area contributed by atoms with E-state index in [-0.39, 0.29) is 6.04 Å². The molecule has 0 fully saturated rings. The molecule has 0 aliphatic rings. The number of hydrogen-bond acceptors (Lipinski definition) is 4. The average molecular weight is 274 g/mol. The van der Waals surface area contributed by atoms with Gasteiger partial charge in [-0.05, 0) is 32.3 Å². The van der Waals surface area contributed by atoms with Crippen LogP contribution >= 0.6 is 0 Å². The first-order chi connectivity index (χ1) is 9.51. The lowest BCUT2D eigenvalue weighted by Gasteiger charge is -2.09. The lowest BCUT2D eigenvalue weighted by Crippen LogP contribution is -2.21. The highest BCUT2D eigenvalue weighted by atomic mass is 16.5. The van der Waals surface area contributed by atoms with E-state index in [1.165, 1.54) is 0 Å². The van der Waals surface area contributed by atoms with E-state index in [0.717, 1.165) is 35.5 Å². The molecule has 0 bridgehead atoms. The second-order valence-corrected chi connectivity index (χ2v) is 5.10. The molecule has 0 aliphatic heterocycles. The molecule has 2 N–H and O–H groups in total. The van der Waals surface area contributed by atoms with Gasteiger partial charge in [0.2, 0.25) is 5.88 Å². The van der Waals surface area contributed by atoms with Crippen molar-refractivity contribution in [2.45, 2.75) is 39.7 Å². The summed E-state index contributed by atoms with van der Waals surface area (Å²) >= 11 is 0. The maximum atomic E-state index is 5.94. The van der Waals surface area contributed by atoms with E-state index < -0.39 is 0 Å². The predicted molar refractivity (Wildman–Crippen MR) is 79.0 cm³/mol. The van der Waals surface area contributed by atoms with Crippen molar-refractivity contribution < 1.29 is 4.74 Å². The second kappa shape index (κ2) is 6.05. The van der Waals surface area contributed by atoms with Crippen LogP contribution in [0.3, 0.4) is 0 Å². The topological polar surface area (TPSA) is 66.0 Å². The highest BCUT2D eigenvalue weighted by molar-refractivity contribution is 5.35. The molecule has 0 amide bonds. The van der Waals surface area contributed by atoms with Gasteiger partial charge in [-0.15, -0.1) is 0 Å². The smallest absolute Gasteiger partial charge is 0.219 e. The van der Waals surface area contributed by atoms with Crippen molar-refractivity contribution in [1.82, 2.24) is 14.8 Å². The van der Waals surface area contributed by atoms with E-state index in [9.17, 15) is 0 Å². The van der Waals surface area contributed by atoms with Gasteiger partial charge in [0.1, 0.15) is 5.69 Å². The Balaban J connectivity index is 2.11. The summed E-state index contributed by atoms with van der Waals surface area (Å²) in [6.07, 6.45) is 3.63. The summed E-state index contributed by atoms with van der Waals surface area (Å²) in [5.74, 6) is 1.36. The molecule has 0 saturated heterocycles. The maximum Gasteiger partial charge on any atom is 0.219 e. The predicted octanol–water partition coefficient (Wildman–Crippen LogP) is 2.50. The van der Waals surface area contributed by atoms with Crippen molar-refractivity contribution in [3.8, 4) is 11.6 Å². The quantitative estimate of drug-likeness (QED) is 0.909. The first-order valence-electron chi connectivity index (χ1n) is 6.89. The zero-order chi connectivity index (χ0) is 14.7. The fourth-order valence-corrected chi connectivity index (χ4v) is 2.05. The van der Waals surface area contributed by atoms with Crippen LogP contribution in [-0.4, -0.2) is 20.8 Å². The maximum absolute atomic E-state index is 5.94. The zero-order valence-electron chi connectivity index (χ0n) is 12.6. The first-order valence-corrected chi connectivity index (χ1v) is 6.89. The third-order valence-corrected chi connectivity index (χ3v) is 3.47. The molecule has 2 rings (SSSR count). The van der Waals surface area contributed by atoms with Gasteiger partial charge in [-0.1, -0.05) is 13.0 Å². The van der Waals surface area contributed by atoms with Gasteiger partial charge in [-0.25, -0.2) is 4.98 Å². The molecule has 108 valence electrons. The Kier molecular flexibility index (Phi) is 4.39. The Morgan fingerprint density at radius 1 is 1.35 bits per heavy atom. The van der Waals surface area contributed by atoms with Crippen molar-refractivity contribution in [2.75, 3.05) is 0 Å². The Morgan fingerprint density at radius 2 is 2.10 bits per heavy atom. The van der Waals surface area contributed by atoms with Crippen molar-refractivity contribution in [3.63, 3.8) is 0 Å². The summed E-state index contributed by atoms with van der Waals surface area (Å²) < 4.78 is 7.63. The third-order valence-electron chi connectivity index (χ3n) is 3.47. The van der Waals surface area contributed by atoms with E-state index in [2.05, 4.69) is 17.0 Å². The number of nitrogens with two attached hydrogens (primary N) is 1. The van der Waals surface area contributed by atoms with Crippen LogP contribution in [0, 0.1) is 13.8 Å². The van der Waals surface area contributed by atoms with Crippen molar-refractivity contribution in [2.24, 2.45) is 12.8 Å². The molecule has 0 saturated carbocycles. The van der Waals surface area contributed by atoms with E-state index in [0.29, 0.717) is 5.88 Å². The number of nitrogens with zero attached hydrogens (tertiary/aromatic N) is 3. The van der Waals surface area contributed by atoms with E-state index in [1.807, 2.05) is 39.2 Å². The van der Waals surface area contributed by atoms with Crippen LogP contribution in [0.1, 0.15) is 30.3 Å². The molecular weight excluding hydrogens is 252 g/mol. The van der Waals surface area contributed by atoms with Crippen LogP contribution in [0.25, 0.3) is 0 Å². The van der Waals surface area contributed by atoms with Gasteiger partial charge in [0.15, 0.2) is 5.75 Å². The van der Waals surface area contributed by atoms with E-state index in [4.69, 9.17) is 10.5 Å². The fraction of sp³-hybridized carbons (Fsp3) is 0.467. The molecule has 0 aliphatic carbocycles. The Morgan fingerprint density at radius 3 is 2.60 bits per heavy atom. The van der Waals surface area contributed by atoms with Gasteiger partial charge in [0.05, 0.1) is 5.69 Å². The summed E-state index contributed by atoms with van der Waals surface area (Å²) in [4.78, 5) is 4.34. The standard InChI is InChI=1S/C15H22N4O/c1-5-13(16)8-12-6-7-14(17-9-12)20-15-10(2)18-19(4)11(15)3/h6-7,9,13H,5,8,16H2,1-4H3. The third kappa shape index (κ3) is 3.17. The van der Waals surface area contributed by atoms with Crippen LogP contribution in [0.15, 0.2) is 18.3 Å².